The van der Waals surface area contributed by atoms with Crippen LogP contribution >= 0.6 is 22.9 Å². The van der Waals surface area contributed by atoms with Crippen LogP contribution in [0.2, 0.25) is 5.02 Å². The number of rotatable bonds is 5. The number of aromatic nitrogens is 1. The van der Waals surface area contributed by atoms with Crippen LogP contribution in [0.15, 0.2) is 47.0 Å². The number of hydrogen-bond acceptors (Lipinski definition) is 8. The molecule has 9 nitrogen and oxygen atoms in total. The third kappa shape index (κ3) is 5.44. The molecule has 12 heteroatoms. The maximum absolute atomic E-state index is 14.9. The van der Waals surface area contributed by atoms with Crippen LogP contribution in [0.1, 0.15) is 60.1 Å². The standard InChI is InChI=1S/C29H27ClFN3O6S/c1-28(2,3)40-27(36)33-21-6-5-18(30)11-19(21)17-9-15-7-8-29(37,25(15)34(38)13-17)22-10-16(12-32-22)20-14-41-24(23(20)31)26(35)39-4/h5-6,9,11-14,37H,7-8,10H2,1-4H3,(H,33,36). The average molecular weight is 600 g/mol. The number of aliphatic hydroxyl groups is 1. The highest BCUT2D eigenvalue weighted by atomic mass is 35.5. The fraction of sp³-hybridized carbons (Fsp3) is 0.310. The Morgan fingerprint density at radius 1 is 1.27 bits per heavy atom. The first kappa shape index (κ1) is 28.7. The zero-order valence-corrected chi connectivity index (χ0v) is 24.3. The van der Waals surface area contributed by atoms with Crippen LogP contribution in [0.4, 0.5) is 14.9 Å². The van der Waals surface area contributed by atoms with Crippen molar-refractivity contribution in [2.45, 2.75) is 51.2 Å². The van der Waals surface area contributed by atoms with Crippen molar-refractivity contribution in [1.82, 2.24) is 0 Å². The molecule has 1 atom stereocenters. The molecule has 41 heavy (non-hydrogen) atoms. The molecular weight excluding hydrogens is 573 g/mol. The summed E-state index contributed by atoms with van der Waals surface area (Å²) in [5, 5.41) is 29.8. The fourth-order valence-corrected chi connectivity index (χ4v) is 6.10. The number of ether oxygens (including phenoxy) is 2. The number of benzene rings is 1. The topological polar surface area (TPSA) is 124 Å². The molecule has 1 aliphatic carbocycles. The number of anilines is 1. The van der Waals surface area contributed by atoms with Crippen molar-refractivity contribution in [2.75, 3.05) is 12.4 Å². The number of thiophene rings is 1. The van der Waals surface area contributed by atoms with E-state index in [0.717, 1.165) is 11.3 Å². The Morgan fingerprint density at radius 3 is 2.73 bits per heavy atom. The third-order valence-electron chi connectivity index (χ3n) is 6.85. The SMILES string of the molecule is COC(=O)c1scc(C2=CN=C(C3(O)CCc4cc(-c5cc(Cl)ccc5NC(=O)OC(C)(C)C)c[n+]([O-])c43)C2)c1F. The molecule has 0 saturated heterocycles. The first-order valence-corrected chi connectivity index (χ1v) is 14.0. The summed E-state index contributed by atoms with van der Waals surface area (Å²) in [4.78, 5) is 28.5. The predicted octanol–water partition coefficient (Wildman–Crippen LogP) is 5.99. The van der Waals surface area contributed by atoms with Gasteiger partial charge < -0.3 is 19.8 Å². The van der Waals surface area contributed by atoms with Gasteiger partial charge in [-0.25, -0.2) is 14.0 Å². The van der Waals surface area contributed by atoms with Crippen LogP contribution in [0, 0.1) is 11.0 Å². The molecule has 1 unspecified atom stereocenters. The minimum absolute atomic E-state index is 0.101. The lowest BCUT2D eigenvalue weighted by molar-refractivity contribution is -0.619. The molecule has 5 rings (SSSR count). The van der Waals surface area contributed by atoms with E-state index in [1.165, 1.54) is 24.9 Å². The van der Waals surface area contributed by atoms with Gasteiger partial charge >= 0.3 is 12.1 Å². The highest BCUT2D eigenvalue weighted by Gasteiger charge is 2.49. The van der Waals surface area contributed by atoms with Crippen molar-refractivity contribution in [3.8, 4) is 11.1 Å². The number of esters is 1. The molecule has 1 amide bonds. The second kappa shape index (κ2) is 10.6. The zero-order chi connectivity index (χ0) is 29.7. The summed E-state index contributed by atoms with van der Waals surface area (Å²) in [6.07, 6.45) is 2.78. The summed E-state index contributed by atoms with van der Waals surface area (Å²) < 4.78 is 25.5. The summed E-state index contributed by atoms with van der Waals surface area (Å²) in [7, 11) is 1.18. The number of amides is 1. The van der Waals surface area contributed by atoms with E-state index in [4.69, 9.17) is 16.3 Å². The van der Waals surface area contributed by atoms with Crippen LogP contribution in [0.3, 0.4) is 0 Å². The number of carbonyl (C=O) groups excluding carboxylic acids is 2. The number of nitrogens with one attached hydrogen (secondary N) is 1. The van der Waals surface area contributed by atoms with Gasteiger partial charge in [0.15, 0.2) is 17.6 Å². The van der Waals surface area contributed by atoms with Crippen molar-refractivity contribution in [3.63, 3.8) is 0 Å². The number of aryl methyl sites for hydroxylation is 1. The van der Waals surface area contributed by atoms with E-state index in [2.05, 4.69) is 15.0 Å². The van der Waals surface area contributed by atoms with Crippen molar-refractivity contribution < 1.29 is 33.3 Å². The van der Waals surface area contributed by atoms with Crippen LogP contribution in [-0.2, 0) is 21.5 Å². The zero-order valence-electron chi connectivity index (χ0n) is 22.7. The largest absolute Gasteiger partial charge is 0.618 e. The van der Waals surface area contributed by atoms with Gasteiger partial charge in [-0.2, -0.15) is 4.73 Å². The van der Waals surface area contributed by atoms with Crippen LogP contribution < -0.4 is 10.0 Å². The molecule has 0 spiro atoms. The van der Waals surface area contributed by atoms with Gasteiger partial charge in [-0.1, -0.05) is 11.6 Å². The number of pyridine rings is 1. The van der Waals surface area contributed by atoms with Crippen LogP contribution in [-0.4, -0.2) is 35.6 Å². The summed E-state index contributed by atoms with van der Waals surface area (Å²) >= 11 is 7.18. The molecule has 0 saturated carbocycles. The fourth-order valence-electron chi connectivity index (χ4n) is 5.04. The smallest absolute Gasteiger partial charge is 0.412 e. The van der Waals surface area contributed by atoms with E-state index in [0.29, 0.717) is 49.8 Å². The first-order chi connectivity index (χ1) is 19.3. The Bertz CT molecular complexity index is 1640. The van der Waals surface area contributed by atoms with Crippen LogP contribution in [0.5, 0.6) is 0 Å². The lowest BCUT2D eigenvalue weighted by atomic mass is 9.89. The number of aliphatic imine (C=N–C) groups is 1. The Kier molecular flexibility index (Phi) is 7.39. The van der Waals surface area contributed by atoms with Gasteiger partial charge in [0, 0.05) is 45.3 Å². The second-order valence-corrected chi connectivity index (χ2v) is 12.1. The van der Waals surface area contributed by atoms with E-state index in [9.17, 15) is 24.3 Å². The maximum atomic E-state index is 14.9. The highest BCUT2D eigenvalue weighted by molar-refractivity contribution is 7.12. The number of carbonyl (C=O) groups is 2. The molecule has 0 fully saturated rings. The molecule has 0 bridgehead atoms. The number of halogens is 2. The monoisotopic (exact) mass is 599 g/mol. The molecule has 3 aromatic rings. The molecular formula is C29H27ClFN3O6S. The summed E-state index contributed by atoms with van der Waals surface area (Å²) in [5.41, 5.74) is 0.749. The van der Waals surface area contributed by atoms with E-state index in [1.807, 2.05) is 0 Å². The summed E-state index contributed by atoms with van der Waals surface area (Å²) in [5.74, 6) is -1.47. The maximum Gasteiger partial charge on any atom is 0.412 e. The first-order valence-electron chi connectivity index (χ1n) is 12.7. The van der Waals surface area contributed by atoms with Gasteiger partial charge in [-0.05, 0) is 63.5 Å². The Labute approximate surface area is 244 Å². The van der Waals surface area contributed by atoms with Crippen LogP contribution in [0.25, 0.3) is 16.7 Å². The molecule has 2 N–H and O–H groups in total. The number of nitrogens with zero attached hydrogens (tertiary/aromatic N) is 2. The molecule has 0 radical (unpaired) electrons. The molecule has 2 aromatic heterocycles. The van der Waals surface area contributed by atoms with Gasteiger partial charge in [0.2, 0.25) is 5.69 Å². The summed E-state index contributed by atoms with van der Waals surface area (Å²) in [6, 6.07) is 6.64. The van der Waals surface area contributed by atoms with E-state index in [1.54, 1.807) is 45.0 Å². The van der Waals surface area contributed by atoms with Crippen molar-refractivity contribution >= 4 is 52.0 Å². The Morgan fingerprint density at radius 2 is 2.02 bits per heavy atom. The van der Waals surface area contributed by atoms with E-state index >= 15 is 0 Å². The molecule has 214 valence electrons. The predicted molar refractivity (Wildman–Crippen MR) is 154 cm³/mol. The van der Waals surface area contributed by atoms with Crippen molar-refractivity contribution in [2.24, 2.45) is 4.99 Å². The Balaban J connectivity index is 1.43. The molecule has 3 heterocycles. The third-order valence-corrected chi connectivity index (χ3v) is 8.02. The summed E-state index contributed by atoms with van der Waals surface area (Å²) in [6.45, 7) is 5.25. The van der Waals surface area contributed by atoms with Gasteiger partial charge in [0.25, 0.3) is 0 Å². The van der Waals surface area contributed by atoms with Gasteiger partial charge in [-0.3, -0.25) is 10.3 Å². The number of fused-ring (bicyclic) bond motifs is 1. The minimum atomic E-state index is -1.67. The Hall–Kier alpha value is -3.80. The van der Waals surface area contributed by atoms with Gasteiger partial charge in [0.05, 0.1) is 18.5 Å². The van der Waals surface area contributed by atoms with Gasteiger partial charge in [0.1, 0.15) is 10.5 Å². The molecule has 2 aliphatic rings. The number of methoxy groups -OCH3 is 1. The van der Waals surface area contributed by atoms with Gasteiger partial charge in [-0.15, -0.1) is 11.3 Å². The number of hydrogen-bond donors (Lipinski definition) is 2. The molecule has 1 aliphatic heterocycles. The number of allylic oxidation sites excluding steroid dienone is 1. The highest BCUT2D eigenvalue weighted by Crippen LogP contribution is 2.43. The van der Waals surface area contributed by atoms with Crippen molar-refractivity contribution in [1.29, 1.82) is 0 Å². The second-order valence-electron chi connectivity index (χ2n) is 10.8. The quantitative estimate of drug-likeness (QED) is 0.211. The normalized spacial score (nSPS) is 18.0. The lowest BCUT2D eigenvalue weighted by Gasteiger charge is -2.23. The van der Waals surface area contributed by atoms with E-state index in [-0.39, 0.29) is 29.0 Å². The average Bonchev–Trinajstić information content (AvgIpc) is 3.61. The van der Waals surface area contributed by atoms with E-state index < -0.39 is 29.1 Å². The van der Waals surface area contributed by atoms with Crippen molar-refractivity contribution in [3.05, 3.63) is 79.8 Å². The lowest BCUT2D eigenvalue weighted by Crippen LogP contribution is -2.45. The molecule has 1 aromatic carbocycles. The minimum Gasteiger partial charge on any atom is -0.618 e.